The lowest BCUT2D eigenvalue weighted by Gasteiger charge is -2.32. The summed E-state index contributed by atoms with van der Waals surface area (Å²) in [5.74, 6) is 6.78. The van der Waals surface area contributed by atoms with Gasteiger partial charge in [0, 0.05) is 0 Å². The lowest BCUT2D eigenvalue weighted by atomic mass is 9.74. The normalized spacial score (nSPS) is 21.1. The number of rotatable bonds is 10. The van der Waals surface area contributed by atoms with Crippen LogP contribution in [0.15, 0.2) is 0 Å². The van der Waals surface area contributed by atoms with E-state index in [0.29, 0.717) is 0 Å². The Hall–Kier alpha value is 0. The molecule has 0 aliphatic rings. The van der Waals surface area contributed by atoms with Gasteiger partial charge in [-0.25, -0.2) is 0 Å². The Kier molecular flexibility index (Phi) is 9.90. The molecule has 0 aromatic heterocycles. The third kappa shape index (κ3) is 8.27. The third-order valence-corrected chi connectivity index (χ3v) is 6.14. The van der Waals surface area contributed by atoms with Crippen LogP contribution < -0.4 is 0 Å². The molecular weight excluding hydrogens is 252 g/mol. The van der Waals surface area contributed by atoms with E-state index < -0.39 is 0 Å². The molecule has 0 rings (SSSR count). The molecule has 128 valence electrons. The van der Waals surface area contributed by atoms with Gasteiger partial charge in [-0.2, -0.15) is 0 Å². The third-order valence-electron chi connectivity index (χ3n) is 6.14. The maximum absolute atomic E-state index is 2.47. The summed E-state index contributed by atoms with van der Waals surface area (Å²) < 4.78 is 0. The molecular formula is C21H44. The van der Waals surface area contributed by atoms with Crippen molar-refractivity contribution in [2.75, 3.05) is 0 Å². The molecule has 0 heterocycles. The van der Waals surface area contributed by atoms with Crippen LogP contribution in [0, 0.1) is 47.3 Å². The summed E-state index contributed by atoms with van der Waals surface area (Å²) in [5, 5.41) is 0. The van der Waals surface area contributed by atoms with Crippen LogP contribution in [-0.2, 0) is 0 Å². The first-order chi connectivity index (χ1) is 9.56. The standard InChI is InChI=1S/C21H44/c1-14(2)11-17(6)18(7)12-16(5)13-19(8)21(10)20(9)15(3)4/h14-21H,11-13H2,1-10H3. The van der Waals surface area contributed by atoms with E-state index in [1.54, 1.807) is 0 Å². The van der Waals surface area contributed by atoms with Gasteiger partial charge in [0.2, 0.25) is 0 Å². The van der Waals surface area contributed by atoms with Gasteiger partial charge in [0.05, 0.1) is 0 Å². The average molecular weight is 297 g/mol. The smallest absolute Gasteiger partial charge is 0.0389 e. The second-order valence-corrected chi connectivity index (χ2v) is 9.10. The molecule has 0 fully saturated rings. The quantitative estimate of drug-likeness (QED) is 0.397. The van der Waals surface area contributed by atoms with Gasteiger partial charge in [-0.3, -0.25) is 0 Å². The fourth-order valence-corrected chi connectivity index (χ4v) is 3.91. The van der Waals surface area contributed by atoms with Crippen molar-refractivity contribution < 1.29 is 0 Å². The molecule has 0 radical (unpaired) electrons. The highest BCUT2D eigenvalue weighted by Gasteiger charge is 2.24. The van der Waals surface area contributed by atoms with Crippen molar-refractivity contribution in [1.82, 2.24) is 0 Å². The van der Waals surface area contributed by atoms with E-state index in [2.05, 4.69) is 69.2 Å². The maximum Gasteiger partial charge on any atom is -0.0389 e. The minimum absolute atomic E-state index is 0.808. The van der Waals surface area contributed by atoms with Crippen molar-refractivity contribution in [3.8, 4) is 0 Å². The van der Waals surface area contributed by atoms with Gasteiger partial charge in [-0.1, -0.05) is 69.2 Å². The van der Waals surface area contributed by atoms with Crippen LogP contribution in [0.3, 0.4) is 0 Å². The van der Waals surface area contributed by atoms with Crippen LogP contribution in [0.4, 0.5) is 0 Å². The molecule has 0 aliphatic heterocycles. The first kappa shape index (κ1) is 21.0. The predicted octanol–water partition coefficient (Wildman–Crippen LogP) is 7.29. The second kappa shape index (κ2) is 9.90. The molecule has 0 aliphatic carbocycles. The summed E-state index contributed by atoms with van der Waals surface area (Å²) >= 11 is 0. The molecule has 0 nitrogen and oxygen atoms in total. The Morgan fingerprint density at radius 1 is 0.476 bits per heavy atom. The zero-order chi connectivity index (χ0) is 16.7. The highest BCUT2D eigenvalue weighted by Crippen LogP contribution is 2.33. The Morgan fingerprint density at radius 3 is 1.33 bits per heavy atom. The molecule has 0 saturated heterocycles. The van der Waals surface area contributed by atoms with Crippen LogP contribution in [0.5, 0.6) is 0 Å². The Labute approximate surface area is 136 Å². The van der Waals surface area contributed by atoms with E-state index in [1.807, 2.05) is 0 Å². The summed E-state index contributed by atoms with van der Waals surface area (Å²) in [5.41, 5.74) is 0. The van der Waals surface area contributed by atoms with Crippen LogP contribution in [-0.4, -0.2) is 0 Å². The Bertz CT molecular complexity index is 253. The molecule has 6 unspecified atom stereocenters. The monoisotopic (exact) mass is 296 g/mol. The van der Waals surface area contributed by atoms with Crippen molar-refractivity contribution in [2.24, 2.45) is 47.3 Å². The van der Waals surface area contributed by atoms with Gasteiger partial charge in [-0.05, 0) is 66.6 Å². The molecule has 0 heteroatoms. The molecule has 0 aromatic rings. The van der Waals surface area contributed by atoms with Crippen molar-refractivity contribution in [1.29, 1.82) is 0 Å². The fourth-order valence-electron chi connectivity index (χ4n) is 3.91. The largest absolute Gasteiger partial charge is 0.0628 e. The minimum atomic E-state index is 0.808. The van der Waals surface area contributed by atoms with Crippen LogP contribution in [0.1, 0.15) is 88.5 Å². The Morgan fingerprint density at radius 2 is 0.905 bits per heavy atom. The fraction of sp³-hybridized carbons (Fsp3) is 1.00. The van der Waals surface area contributed by atoms with E-state index in [0.717, 1.165) is 47.3 Å². The molecule has 0 N–H and O–H groups in total. The van der Waals surface area contributed by atoms with E-state index >= 15 is 0 Å². The first-order valence-corrected chi connectivity index (χ1v) is 9.56. The zero-order valence-corrected chi connectivity index (χ0v) is 16.7. The van der Waals surface area contributed by atoms with Crippen molar-refractivity contribution in [2.45, 2.75) is 88.5 Å². The first-order valence-electron chi connectivity index (χ1n) is 9.56. The van der Waals surface area contributed by atoms with E-state index in [-0.39, 0.29) is 0 Å². The van der Waals surface area contributed by atoms with Gasteiger partial charge in [-0.15, -0.1) is 0 Å². The van der Waals surface area contributed by atoms with E-state index in [1.165, 1.54) is 19.3 Å². The highest BCUT2D eigenvalue weighted by molar-refractivity contribution is 4.74. The lowest BCUT2D eigenvalue weighted by Crippen LogP contribution is -2.23. The second-order valence-electron chi connectivity index (χ2n) is 9.10. The molecule has 0 bridgehead atoms. The zero-order valence-electron chi connectivity index (χ0n) is 16.7. The maximum atomic E-state index is 2.47. The molecule has 0 aromatic carbocycles. The number of hydrogen-bond acceptors (Lipinski definition) is 0. The molecule has 0 spiro atoms. The van der Waals surface area contributed by atoms with Gasteiger partial charge in [0.25, 0.3) is 0 Å². The van der Waals surface area contributed by atoms with Crippen molar-refractivity contribution >= 4 is 0 Å². The highest BCUT2D eigenvalue weighted by atomic mass is 14.3. The van der Waals surface area contributed by atoms with Gasteiger partial charge >= 0.3 is 0 Å². The van der Waals surface area contributed by atoms with E-state index in [9.17, 15) is 0 Å². The SMILES string of the molecule is CC(C)CC(C)C(C)CC(C)CC(C)C(C)C(C)C(C)C. The summed E-state index contributed by atoms with van der Waals surface area (Å²) in [7, 11) is 0. The molecule has 0 saturated carbocycles. The minimum Gasteiger partial charge on any atom is -0.0628 e. The van der Waals surface area contributed by atoms with Gasteiger partial charge in [0.15, 0.2) is 0 Å². The van der Waals surface area contributed by atoms with Gasteiger partial charge < -0.3 is 0 Å². The number of hydrogen-bond donors (Lipinski definition) is 0. The molecule has 21 heavy (non-hydrogen) atoms. The predicted molar refractivity (Wildman–Crippen MR) is 98.5 cm³/mol. The summed E-state index contributed by atoms with van der Waals surface area (Å²) in [6.45, 7) is 24.2. The molecule has 6 atom stereocenters. The van der Waals surface area contributed by atoms with Crippen LogP contribution in [0.25, 0.3) is 0 Å². The summed E-state index contributed by atoms with van der Waals surface area (Å²) in [6.07, 6.45) is 4.18. The van der Waals surface area contributed by atoms with Crippen molar-refractivity contribution in [3.05, 3.63) is 0 Å². The van der Waals surface area contributed by atoms with Crippen LogP contribution in [0.2, 0.25) is 0 Å². The topological polar surface area (TPSA) is 0 Å². The lowest BCUT2D eigenvalue weighted by molar-refractivity contribution is 0.182. The van der Waals surface area contributed by atoms with Crippen molar-refractivity contribution in [3.63, 3.8) is 0 Å². The van der Waals surface area contributed by atoms with Gasteiger partial charge in [0.1, 0.15) is 0 Å². The molecule has 0 amide bonds. The Balaban J connectivity index is 4.26. The van der Waals surface area contributed by atoms with E-state index in [4.69, 9.17) is 0 Å². The summed E-state index contributed by atoms with van der Waals surface area (Å²) in [6, 6.07) is 0. The summed E-state index contributed by atoms with van der Waals surface area (Å²) in [4.78, 5) is 0. The average Bonchev–Trinajstić information content (AvgIpc) is 2.35. The van der Waals surface area contributed by atoms with Crippen LogP contribution >= 0.6 is 0 Å².